The lowest BCUT2D eigenvalue weighted by atomic mass is 10.2. The second-order valence-corrected chi connectivity index (χ2v) is 6.43. The minimum Gasteiger partial charge on any atom is -0.335 e. The number of aryl methyl sites for hydroxylation is 2. The molecule has 0 unspecified atom stereocenters. The van der Waals surface area contributed by atoms with Gasteiger partial charge in [-0.3, -0.25) is 14.4 Å². The van der Waals surface area contributed by atoms with Gasteiger partial charge in [0, 0.05) is 44.8 Å². The van der Waals surface area contributed by atoms with E-state index in [1.165, 1.54) is 5.56 Å². The van der Waals surface area contributed by atoms with Crippen molar-refractivity contribution in [3.05, 3.63) is 52.3 Å². The van der Waals surface area contributed by atoms with Gasteiger partial charge in [0.25, 0.3) is 5.91 Å². The summed E-state index contributed by atoms with van der Waals surface area (Å²) in [4.78, 5) is 16.8. The number of hydrogen-bond donors (Lipinski definition) is 0. The van der Waals surface area contributed by atoms with E-state index in [1.54, 1.807) is 4.68 Å². The number of nitrogens with zero attached hydrogens (tertiary/aromatic N) is 4. The van der Waals surface area contributed by atoms with E-state index in [0.717, 1.165) is 43.4 Å². The van der Waals surface area contributed by atoms with Gasteiger partial charge in [0.05, 0.1) is 5.69 Å². The van der Waals surface area contributed by atoms with Crippen molar-refractivity contribution in [2.75, 3.05) is 26.2 Å². The Hall–Kier alpha value is -1.85. The Kier molecular flexibility index (Phi) is 4.68. The number of hydrogen-bond acceptors (Lipinski definition) is 3. The van der Waals surface area contributed by atoms with E-state index < -0.39 is 0 Å². The molecule has 0 saturated carbocycles. The van der Waals surface area contributed by atoms with Crippen LogP contribution in [0.25, 0.3) is 0 Å². The van der Waals surface area contributed by atoms with Crippen LogP contribution >= 0.6 is 11.6 Å². The van der Waals surface area contributed by atoms with Gasteiger partial charge in [-0.15, -0.1) is 0 Å². The number of amides is 1. The first-order valence-electron chi connectivity index (χ1n) is 7.79. The summed E-state index contributed by atoms with van der Waals surface area (Å²) < 4.78 is 1.66. The smallest absolute Gasteiger partial charge is 0.272 e. The minimum absolute atomic E-state index is 0.0653. The molecule has 1 aromatic heterocycles. The first-order chi connectivity index (χ1) is 11.0. The normalized spacial score (nSPS) is 15.9. The highest BCUT2D eigenvalue weighted by Crippen LogP contribution is 2.15. The summed E-state index contributed by atoms with van der Waals surface area (Å²) >= 11 is 6.03. The number of halogens is 1. The third-order valence-electron chi connectivity index (χ3n) is 4.18. The van der Waals surface area contributed by atoms with Gasteiger partial charge in [-0.25, -0.2) is 0 Å². The Balaban J connectivity index is 1.58. The summed E-state index contributed by atoms with van der Waals surface area (Å²) in [7, 11) is 1.82. The quantitative estimate of drug-likeness (QED) is 0.866. The number of piperazine rings is 1. The molecule has 1 amide bonds. The number of benzene rings is 1. The van der Waals surface area contributed by atoms with E-state index in [2.05, 4.69) is 16.1 Å². The van der Waals surface area contributed by atoms with Crippen LogP contribution in [0, 0.1) is 6.92 Å². The van der Waals surface area contributed by atoms with Crippen LogP contribution in [-0.4, -0.2) is 51.7 Å². The van der Waals surface area contributed by atoms with E-state index >= 15 is 0 Å². The molecule has 6 heteroatoms. The first kappa shape index (κ1) is 16.0. The summed E-state index contributed by atoms with van der Waals surface area (Å²) in [5.74, 6) is 0.0653. The Bertz CT molecular complexity index is 704. The van der Waals surface area contributed by atoms with Gasteiger partial charge < -0.3 is 4.90 Å². The predicted octanol–water partition coefficient (Wildman–Crippen LogP) is 2.34. The van der Waals surface area contributed by atoms with Gasteiger partial charge in [-0.05, 0) is 30.7 Å². The highest BCUT2D eigenvalue weighted by Gasteiger charge is 2.24. The molecular formula is C17H21ClN4O. The van der Waals surface area contributed by atoms with Crippen molar-refractivity contribution < 1.29 is 4.79 Å². The van der Waals surface area contributed by atoms with Crippen LogP contribution in [0.4, 0.5) is 0 Å². The average Bonchev–Trinajstić information content (AvgIpc) is 2.86. The Morgan fingerprint density at radius 1 is 1.22 bits per heavy atom. The molecule has 0 aliphatic carbocycles. The van der Waals surface area contributed by atoms with E-state index in [9.17, 15) is 4.79 Å². The van der Waals surface area contributed by atoms with Gasteiger partial charge in [-0.1, -0.05) is 23.7 Å². The minimum atomic E-state index is 0.0653. The average molecular weight is 333 g/mol. The maximum atomic E-state index is 12.6. The Morgan fingerprint density at radius 2 is 1.96 bits per heavy atom. The fraction of sp³-hybridized carbons (Fsp3) is 0.412. The number of carbonyl (C=O) groups excluding carboxylic acids is 1. The van der Waals surface area contributed by atoms with E-state index in [1.807, 2.05) is 43.1 Å². The molecule has 2 heterocycles. The third-order valence-corrected chi connectivity index (χ3v) is 4.41. The van der Waals surface area contributed by atoms with Gasteiger partial charge in [0.2, 0.25) is 0 Å². The zero-order chi connectivity index (χ0) is 16.4. The highest BCUT2D eigenvalue weighted by molar-refractivity contribution is 6.30. The first-order valence-corrected chi connectivity index (χ1v) is 8.17. The van der Waals surface area contributed by atoms with E-state index in [0.29, 0.717) is 5.69 Å². The van der Waals surface area contributed by atoms with Crippen molar-refractivity contribution in [2.45, 2.75) is 13.5 Å². The molecule has 1 aliphatic heterocycles. The summed E-state index contributed by atoms with van der Waals surface area (Å²) in [6.07, 6.45) is 0. The van der Waals surface area contributed by atoms with Gasteiger partial charge >= 0.3 is 0 Å². The second kappa shape index (κ2) is 6.72. The molecular weight excluding hydrogens is 312 g/mol. The molecule has 0 spiro atoms. The van der Waals surface area contributed by atoms with Crippen LogP contribution < -0.4 is 0 Å². The molecule has 122 valence electrons. The SMILES string of the molecule is Cc1cc(C(=O)N2CCN(Cc3cccc(Cl)c3)CC2)n(C)n1. The highest BCUT2D eigenvalue weighted by atomic mass is 35.5. The van der Waals surface area contributed by atoms with Crippen LogP contribution in [0.1, 0.15) is 21.7 Å². The summed E-state index contributed by atoms with van der Waals surface area (Å²) in [5, 5.41) is 5.02. The largest absolute Gasteiger partial charge is 0.335 e. The standard InChI is InChI=1S/C17H21ClN4O/c1-13-10-16(20(2)19-13)17(23)22-8-6-21(7-9-22)12-14-4-3-5-15(18)11-14/h3-5,10-11H,6-9,12H2,1-2H3. The van der Waals surface area contributed by atoms with Gasteiger partial charge in [-0.2, -0.15) is 5.10 Å². The molecule has 1 aliphatic rings. The molecule has 5 nitrogen and oxygen atoms in total. The molecule has 0 N–H and O–H groups in total. The lowest BCUT2D eigenvalue weighted by molar-refractivity contribution is 0.0618. The summed E-state index contributed by atoms with van der Waals surface area (Å²) in [5.41, 5.74) is 2.74. The number of aromatic nitrogens is 2. The van der Waals surface area contributed by atoms with Gasteiger partial charge in [0.1, 0.15) is 5.69 Å². The van der Waals surface area contributed by atoms with E-state index in [-0.39, 0.29) is 5.91 Å². The lowest BCUT2D eigenvalue weighted by Crippen LogP contribution is -2.48. The maximum Gasteiger partial charge on any atom is 0.272 e. The Labute approximate surface area is 141 Å². The molecule has 0 radical (unpaired) electrons. The van der Waals surface area contributed by atoms with Crippen molar-refractivity contribution in [3.8, 4) is 0 Å². The second-order valence-electron chi connectivity index (χ2n) is 5.99. The van der Waals surface area contributed by atoms with Crippen LogP contribution in [0.2, 0.25) is 5.02 Å². The number of rotatable bonds is 3. The monoisotopic (exact) mass is 332 g/mol. The number of carbonyl (C=O) groups is 1. The van der Waals surface area contributed by atoms with Crippen LogP contribution in [0.15, 0.2) is 30.3 Å². The Morgan fingerprint density at radius 3 is 2.57 bits per heavy atom. The van der Waals surface area contributed by atoms with Crippen LogP contribution in [0.5, 0.6) is 0 Å². The molecule has 23 heavy (non-hydrogen) atoms. The summed E-state index contributed by atoms with van der Waals surface area (Å²) in [6.45, 7) is 5.99. The predicted molar refractivity (Wildman–Crippen MR) is 90.6 cm³/mol. The zero-order valence-electron chi connectivity index (χ0n) is 13.5. The van der Waals surface area contributed by atoms with Crippen molar-refractivity contribution in [2.24, 2.45) is 7.05 Å². The topological polar surface area (TPSA) is 41.4 Å². The third kappa shape index (κ3) is 3.74. The fourth-order valence-corrected chi connectivity index (χ4v) is 3.19. The summed E-state index contributed by atoms with van der Waals surface area (Å²) in [6, 6.07) is 9.79. The lowest BCUT2D eigenvalue weighted by Gasteiger charge is -2.34. The van der Waals surface area contributed by atoms with Crippen molar-refractivity contribution in [1.82, 2.24) is 19.6 Å². The van der Waals surface area contributed by atoms with Crippen LogP contribution in [-0.2, 0) is 13.6 Å². The molecule has 2 aromatic rings. The molecule has 1 saturated heterocycles. The molecule has 3 rings (SSSR count). The van der Waals surface area contributed by atoms with Gasteiger partial charge in [0.15, 0.2) is 0 Å². The van der Waals surface area contributed by atoms with E-state index in [4.69, 9.17) is 11.6 Å². The maximum absolute atomic E-state index is 12.6. The van der Waals surface area contributed by atoms with Crippen LogP contribution in [0.3, 0.4) is 0 Å². The fourth-order valence-electron chi connectivity index (χ4n) is 2.98. The molecule has 0 bridgehead atoms. The van der Waals surface area contributed by atoms with Crippen molar-refractivity contribution in [3.63, 3.8) is 0 Å². The van der Waals surface area contributed by atoms with Crippen molar-refractivity contribution in [1.29, 1.82) is 0 Å². The zero-order valence-corrected chi connectivity index (χ0v) is 14.3. The molecule has 1 aromatic carbocycles. The molecule has 1 fully saturated rings. The molecule has 0 atom stereocenters. The van der Waals surface area contributed by atoms with Crippen molar-refractivity contribution >= 4 is 17.5 Å².